The Balaban J connectivity index is 1.91. The topological polar surface area (TPSA) is 42.0 Å². The number of carbonyl (C=O) groups excluding carboxylic acids is 1. The summed E-state index contributed by atoms with van der Waals surface area (Å²) in [4.78, 5) is 15.9. The van der Waals surface area contributed by atoms with Crippen LogP contribution in [0.5, 0.6) is 0 Å². The third-order valence-electron chi connectivity index (χ3n) is 3.14. The third-order valence-corrected chi connectivity index (χ3v) is 4.67. The van der Waals surface area contributed by atoms with Crippen molar-refractivity contribution in [1.82, 2.24) is 10.3 Å². The molecule has 1 heterocycles. The summed E-state index contributed by atoms with van der Waals surface area (Å²) in [5.74, 6) is 1.05. The number of hydrogen-bond acceptors (Lipinski definition) is 3. The first kappa shape index (κ1) is 13.7. The molecule has 0 bridgehead atoms. The Hall–Kier alpha value is -0.740. The van der Waals surface area contributed by atoms with E-state index in [1.807, 2.05) is 11.8 Å². The molecule has 1 fully saturated rings. The van der Waals surface area contributed by atoms with Gasteiger partial charge in [-0.1, -0.05) is 18.5 Å². The molecule has 2 unspecified atom stereocenters. The number of rotatable bonds is 4. The number of aromatic nitrogens is 1. The number of nitrogens with one attached hydrogen (secondary N) is 1. The Morgan fingerprint density at radius 1 is 1.61 bits per heavy atom. The summed E-state index contributed by atoms with van der Waals surface area (Å²) in [6.45, 7) is 2.17. The van der Waals surface area contributed by atoms with Crippen LogP contribution in [-0.4, -0.2) is 27.9 Å². The summed E-state index contributed by atoms with van der Waals surface area (Å²) >= 11 is 7.94. The average Bonchev–Trinajstić information content (AvgIpc) is 2.77. The van der Waals surface area contributed by atoms with Gasteiger partial charge in [0.2, 0.25) is 0 Å². The fraction of sp³-hybridized carbons (Fsp3) is 0.538. The smallest absolute Gasteiger partial charge is 0.253 e. The molecular weight excluding hydrogens is 268 g/mol. The first-order valence-corrected chi connectivity index (χ1v) is 7.65. The maximum absolute atomic E-state index is 12.1. The highest BCUT2D eigenvalue weighted by Crippen LogP contribution is 2.30. The summed E-state index contributed by atoms with van der Waals surface area (Å²) in [5, 5.41) is 4.16. The van der Waals surface area contributed by atoms with Gasteiger partial charge in [-0.3, -0.25) is 9.78 Å². The maximum atomic E-state index is 12.1. The minimum atomic E-state index is -0.0884. The third kappa shape index (κ3) is 3.39. The van der Waals surface area contributed by atoms with Crippen molar-refractivity contribution in [3.05, 3.63) is 29.0 Å². The summed E-state index contributed by atoms with van der Waals surface area (Å²) in [6.07, 6.45) is 6.40. The molecule has 5 heteroatoms. The number of pyridine rings is 1. The number of halogens is 1. The molecule has 1 aromatic rings. The van der Waals surface area contributed by atoms with Crippen molar-refractivity contribution < 1.29 is 4.79 Å². The monoisotopic (exact) mass is 284 g/mol. The van der Waals surface area contributed by atoms with Crippen molar-refractivity contribution in [1.29, 1.82) is 0 Å². The summed E-state index contributed by atoms with van der Waals surface area (Å²) in [7, 11) is 0. The zero-order chi connectivity index (χ0) is 13.0. The molecule has 18 heavy (non-hydrogen) atoms. The fourth-order valence-corrected chi connectivity index (χ4v) is 3.63. The molecule has 0 saturated heterocycles. The van der Waals surface area contributed by atoms with Gasteiger partial charge in [-0.25, -0.2) is 0 Å². The Bertz CT molecular complexity index is 427. The van der Waals surface area contributed by atoms with Crippen molar-refractivity contribution in [3.63, 3.8) is 0 Å². The molecule has 0 aliphatic heterocycles. The van der Waals surface area contributed by atoms with Gasteiger partial charge in [-0.15, -0.1) is 0 Å². The van der Waals surface area contributed by atoms with Gasteiger partial charge in [0.1, 0.15) is 0 Å². The number of carbonyl (C=O) groups is 1. The van der Waals surface area contributed by atoms with Gasteiger partial charge in [0.15, 0.2) is 0 Å². The Labute approximate surface area is 117 Å². The molecule has 2 rings (SSSR count). The van der Waals surface area contributed by atoms with Crippen LogP contribution in [0, 0.1) is 0 Å². The number of nitrogens with zero attached hydrogens (tertiary/aromatic N) is 1. The Kier molecular flexibility index (Phi) is 4.89. The van der Waals surface area contributed by atoms with Gasteiger partial charge in [-0.05, 0) is 31.1 Å². The second-order valence-corrected chi connectivity index (χ2v) is 6.40. The molecule has 1 amide bonds. The normalized spacial score (nSPS) is 23.0. The minimum Gasteiger partial charge on any atom is -0.349 e. The lowest BCUT2D eigenvalue weighted by Gasteiger charge is -2.13. The Morgan fingerprint density at radius 3 is 3.17 bits per heavy atom. The minimum absolute atomic E-state index is 0.0884. The molecule has 1 N–H and O–H groups in total. The second-order valence-electron chi connectivity index (χ2n) is 4.42. The lowest BCUT2D eigenvalue weighted by molar-refractivity contribution is 0.0938. The molecule has 0 spiro atoms. The Morgan fingerprint density at radius 2 is 2.44 bits per heavy atom. The van der Waals surface area contributed by atoms with E-state index >= 15 is 0 Å². The maximum Gasteiger partial charge on any atom is 0.253 e. The fourth-order valence-electron chi connectivity index (χ4n) is 2.28. The van der Waals surface area contributed by atoms with Crippen molar-refractivity contribution in [2.75, 3.05) is 5.75 Å². The molecule has 0 radical (unpaired) electrons. The molecule has 1 saturated carbocycles. The van der Waals surface area contributed by atoms with Crippen molar-refractivity contribution >= 4 is 29.3 Å². The van der Waals surface area contributed by atoms with Crippen molar-refractivity contribution in [2.45, 2.75) is 37.5 Å². The van der Waals surface area contributed by atoms with E-state index in [-0.39, 0.29) is 11.9 Å². The van der Waals surface area contributed by atoms with E-state index < -0.39 is 0 Å². The van der Waals surface area contributed by atoms with E-state index in [2.05, 4.69) is 17.2 Å². The van der Waals surface area contributed by atoms with Gasteiger partial charge in [0, 0.05) is 23.7 Å². The van der Waals surface area contributed by atoms with Gasteiger partial charge in [0.25, 0.3) is 5.91 Å². The predicted octanol–water partition coefficient (Wildman–Crippen LogP) is 3.14. The largest absolute Gasteiger partial charge is 0.349 e. The van der Waals surface area contributed by atoms with Crippen LogP contribution in [-0.2, 0) is 0 Å². The average molecular weight is 285 g/mol. The van der Waals surface area contributed by atoms with Gasteiger partial charge < -0.3 is 5.32 Å². The highest BCUT2D eigenvalue weighted by Gasteiger charge is 2.26. The van der Waals surface area contributed by atoms with Gasteiger partial charge in [0.05, 0.1) is 10.6 Å². The molecule has 1 aliphatic carbocycles. The summed E-state index contributed by atoms with van der Waals surface area (Å²) < 4.78 is 0. The molecule has 2 atom stereocenters. The standard InChI is InChI=1S/C13H17ClN2OS/c1-2-18-10-4-3-9(7-10)16-13(17)11-5-6-15-8-12(11)14/h5-6,8-10H,2-4,7H2,1H3,(H,16,17). The van der Waals surface area contributed by atoms with Gasteiger partial charge in [-0.2, -0.15) is 11.8 Å². The quantitative estimate of drug-likeness (QED) is 0.924. The zero-order valence-electron chi connectivity index (χ0n) is 10.4. The highest BCUT2D eigenvalue weighted by molar-refractivity contribution is 7.99. The van der Waals surface area contributed by atoms with Crippen LogP contribution in [0.1, 0.15) is 36.5 Å². The molecule has 98 valence electrons. The predicted molar refractivity (Wildman–Crippen MR) is 76.3 cm³/mol. The van der Waals surface area contributed by atoms with E-state index in [1.54, 1.807) is 12.3 Å². The van der Waals surface area contributed by atoms with Crippen molar-refractivity contribution in [2.24, 2.45) is 0 Å². The molecular formula is C13H17ClN2OS. The van der Waals surface area contributed by atoms with E-state index in [9.17, 15) is 4.79 Å². The number of amides is 1. The van der Waals surface area contributed by atoms with Crippen LogP contribution in [0.2, 0.25) is 5.02 Å². The lowest BCUT2D eigenvalue weighted by atomic mass is 10.2. The van der Waals surface area contributed by atoms with Crippen LogP contribution < -0.4 is 5.32 Å². The first-order valence-electron chi connectivity index (χ1n) is 6.22. The van der Waals surface area contributed by atoms with Crippen molar-refractivity contribution in [3.8, 4) is 0 Å². The first-order chi connectivity index (χ1) is 8.70. The van der Waals surface area contributed by atoms with Crippen LogP contribution in [0.15, 0.2) is 18.5 Å². The van der Waals surface area contributed by atoms with Crippen LogP contribution in [0.25, 0.3) is 0 Å². The SMILES string of the molecule is CCSC1CCC(NC(=O)c2ccncc2Cl)C1. The highest BCUT2D eigenvalue weighted by atomic mass is 35.5. The van der Waals surface area contributed by atoms with E-state index in [1.165, 1.54) is 12.6 Å². The van der Waals surface area contributed by atoms with E-state index in [0.29, 0.717) is 15.8 Å². The number of thioether (sulfide) groups is 1. The van der Waals surface area contributed by atoms with Crippen LogP contribution in [0.4, 0.5) is 0 Å². The summed E-state index contributed by atoms with van der Waals surface area (Å²) in [5.41, 5.74) is 0.512. The van der Waals surface area contributed by atoms with Gasteiger partial charge >= 0.3 is 0 Å². The van der Waals surface area contributed by atoms with E-state index in [0.717, 1.165) is 18.6 Å². The lowest BCUT2D eigenvalue weighted by Crippen LogP contribution is -2.33. The molecule has 3 nitrogen and oxygen atoms in total. The summed E-state index contributed by atoms with van der Waals surface area (Å²) in [6, 6.07) is 1.94. The second kappa shape index (κ2) is 6.43. The van der Waals surface area contributed by atoms with Crippen LogP contribution >= 0.6 is 23.4 Å². The van der Waals surface area contributed by atoms with Crippen LogP contribution in [0.3, 0.4) is 0 Å². The molecule has 1 aliphatic rings. The molecule has 0 aromatic carbocycles. The zero-order valence-corrected chi connectivity index (χ0v) is 11.9. The van der Waals surface area contributed by atoms with E-state index in [4.69, 9.17) is 11.6 Å². The molecule has 1 aromatic heterocycles. The number of hydrogen-bond donors (Lipinski definition) is 1.